The highest BCUT2D eigenvalue weighted by Gasteiger charge is 2.16. The lowest BCUT2D eigenvalue weighted by atomic mass is 10.4. The summed E-state index contributed by atoms with van der Waals surface area (Å²) < 4.78 is 27.1. The van der Waals surface area contributed by atoms with Crippen molar-refractivity contribution in [2.45, 2.75) is 24.7 Å². The van der Waals surface area contributed by atoms with Crippen LogP contribution in [0.5, 0.6) is 0 Å². The number of aryl methyl sites for hydroxylation is 1. The Labute approximate surface area is 146 Å². The van der Waals surface area contributed by atoms with E-state index in [2.05, 4.69) is 36.2 Å². The molecule has 0 fully saturated rings. The van der Waals surface area contributed by atoms with E-state index in [0.717, 1.165) is 22.3 Å². The summed E-state index contributed by atoms with van der Waals surface area (Å²) in [5.41, 5.74) is 0. The standard InChI is InChI=1S/C13H15BrN4O3S2/c1-2-3-12-17-18-13(22-12)16-11(19)8-15-23(20,21)10-6-4-9(14)5-7-10/h4-7,15H,2-3,8H2,1H3,(H,16,18,19). The largest absolute Gasteiger partial charge is 0.299 e. The van der Waals surface area contributed by atoms with Crippen LogP contribution >= 0.6 is 27.3 Å². The summed E-state index contributed by atoms with van der Waals surface area (Å²) in [7, 11) is -3.73. The minimum atomic E-state index is -3.73. The SMILES string of the molecule is CCCc1nnc(NC(=O)CNS(=O)(=O)c2ccc(Br)cc2)s1. The zero-order valence-corrected chi connectivity index (χ0v) is 15.5. The molecule has 0 saturated heterocycles. The Morgan fingerprint density at radius 1 is 1.26 bits per heavy atom. The van der Waals surface area contributed by atoms with Crippen LogP contribution in [0.1, 0.15) is 18.4 Å². The lowest BCUT2D eigenvalue weighted by Gasteiger charge is -2.06. The summed E-state index contributed by atoms with van der Waals surface area (Å²) in [6, 6.07) is 6.13. The minimum Gasteiger partial charge on any atom is -0.299 e. The van der Waals surface area contributed by atoms with Crippen molar-refractivity contribution in [3.63, 3.8) is 0 Å². The van der Waals surface area contributed by atoms with E-state index in [1.165, 1.54) is 23.5 Å². The van der Waals surface area contributed by atoms with Crippen molar-refractivity contribution in [1.29, 1.82) is 0 Å². The number of sulfonamides is 1. The van der Waals surface area contributed by atoms with Crippen LogP contribution in [0.15, 0.2) is 33.6 Å². The molecular weight excluding hydrogens is 404 g/mol. The van der Waals surface area contributed by atoms with E-state index in [1.54, 1.807) is 12.1 Å². The van der Waals surface area contributed by atoms with Crippen LogP contribution in [0.2, 0.25) is 0 Å². The minimum absolute atomic E-state index is 0.0923. The number of aromatic nitrogens is 2. The molecule has 0 aliphatic heterocycles. The number of benzene rings is 1. The number of rotatable bonds is 7. The van der Waals surface area contributed by atoms with Crippen molar-refractivity contribution in [2.24, 2.45) is 0 Å². The third kappa shape index (κ3) is 5.34. The fraction of sp³-hybridized carbons (Fsp3) is 0.308. The first-order valence-electron chi connectivity index (χ1n) is 6.78. The van der Waals surface area contributed by atoms with Crippen LogP contribution in [0, 0.1) is 0 Å². The summed E-state index contributed by atoms with van der Waals surface area (Å²) in [5, 5.41) is 11.5. The number of hydrogen-bond acceptors (Lipinski definition) is 6. The average molecular weight is 419 g/mol. The van der Waals surface area contributed by atoms with Gasteiger partial charge in [-0.2, -0.15) is 0 Å². The number of nitrogens with one attached hydrogen (secondary N) is 2. The van der Waals surface area contributed by atoms with Crippen molar-refractivity contribution in [3.8, 4) is 0 Å². The van der Waals surface area contributed by atoms with Gasteiger partial charge in [0.25, 0.3) is 0 Å². The van der Waals surface area contributed by atoms with Crippen molar-refractivity contribution in [3.05, 3.63) is 33.7 Å². The van der Waals surface area contributed by atoms with Gasteiger partial charge >= 0.3 is 0 Å². The van der Waals surface area contributed by atoms with E-state index in [9.17, 15) is 13.2 Å². The van der Waals surface area contributed by atoms with E-state index in [4.69, 9.17) is 0 Å². The first-order chi connectivity index (χ1) is 10.9. The fourth-order valence-corrected chi connectivity index (χ4v) is 3.74. The molecule has 0 aliphatic rings. The van der Waals surface area contributed by atoms with Crippen molar-refractivity contribution < 1.29 is 13.2 Å². The van der Waals surface area contributed by atoms with E-state index in [-0.39, 0.29) is 11.4 Å². The predicted molar refractivity (Wildman–Crippen MR) is 91.9 cm³/mol. The fourth-order valence-electron chi connectivity index (χ4n) is 1.64. The Kier molecular flexibility index (Phi) is 6.22. The molecule has 1 heterocycles. The van der Waals surface area contributed by atoms with Crippen LogP contribution in [0.25, 0.3) is 0 Å². The van der Waals surface area contributed by atoms with Gasteiger partial charge in [-0.1, -0.05) is 34.2 Å². The molecule has 0 atom stereocenters. The highest BCUT2D eigenvalue weighted by molar-refractivity contribution is 9.10. The third-order valence-corrected chi connectivity index (χ3v) is 5.57. The molecule has 2 N–H and O–H groups in total. The molecular formula is C13H15BrN4O3S2. The molecule has 0 unspecified atom stereocenters. The lowest BCUT2D eigenvalue weighted by molar-refractivity contribution is -0.115. The second kappa shape index (κ2) is 7.95. The Morgan fingerprint density at radius 2 is 1.96 bits per heavy atom. The quantitative estimate of drug-likeness (QED) is 0.717. The number of nitrogens with zero attached hydrogens (tertiary/aromatic N) is 2. The van der Waals surface area contributed by atoms with Gasteiger partial charge in [0.2, 0.25) is 21.1 Å². The lowest BCUT2D eigenvalue weighted by Crippen LogP contribution is -2.32. The summed E-state index contributed by atoms with van der Waals surface area (Å²) in [5.74, 6) is -0.495. The number of carbonyl (C=O) groups excluding carboxylic acids is 1. The average Bonchev–Trinajstić information content (AvgIpc) is 2.93. The maximum atomic E-state index is 12.1. The molecule has 1 aromatic heterocycles. The molecule has 0 spiro atoms. The first-order valence-corrected chi connectivity index (χ1v) is 9.87. The molecule has 23 heavy (non-hydrogen) atoms. The van der Waals surface area contributed by atoms with E-state index >= 15 is 0 Å². The number of anilines is 1. The van der Waals surface area contributed by atoms with E-state index in [1.807, 2.05) is 6.92 Å². The molecule has 0 saturated carbocycles. The summed E-state index contributed by atoms with van der Waals surface area (Å²) in [4.78, 5) is 11.9. The van der Waals surface area contributed by atoms with Crippen molar-refractivity contribution in [2.75, 3.05) is 11.9 Å². The maximum Gasteiger partial charge on any atom is 0.241 e. The Hall–Kier alpha value is -1.36. The molecule has 10 heteroatoms. The van der Waals surface area contributed by atoms with Crippen LogP contribution in [-0.4, -0.2) is 31.1 Å². The van der Waals surface area contributed by atoms with Gasteiger partial charge in [-0.25, -0.2) is 13.1 Å². The van der Waals surface area contributed by atoms with Gasteiger partial charge in [0.05, 0.1) is 11.4 Å². The summed E-state index contributed by atoms with van der Waals surface area (Å²) in [6.45, 7) is 1.65. The van der Waals surface area contributed by atoms with Gasteiger partial charge < -0.3 is 0 Å². The number of halogens is 1. The molecule has 0 bridgehead atoms. The second-order valence-electron chi connectivity index (χ2n) is 4.58. The second-order valence-corrected chi connectivity index (χ2v) is 8.32. The Morgan fingerprint density at radius 3 is 2.61 bits per heavy atom. The van der Waals surface area contributed by atoms with Gasteiger partial charge in [0.15, 0.2) is 0 Å². The Bertz CT molecular complexity index is 775. The number of hydrogen-bond donors (Lipinski definition) is 2. The molecule has 0 radical (unpaired) electrons. The zero-order chi connectivity index (χ0) is 16.9. The first kappa shape index (κ1) is 18.0. The predicted octanol–water partition coefficient (Wildman–Crippen LogP) is 2.17. The normalized spacial score (nSPS) is 11.4. The monoisotopic (exact) mass is 418 g/mol. The molecule has 7 nitrogen and oxygen atoms in total. The van der Waals surface area contributed by atoms with E-state index < -0.39 is 15.9 Å². The molecule has 2 rings (SSSR count). The molecule has 0 aliphatic carbocycles. The summed E-state index contributed by atoms with van der Waals surface area (Å²) >= 11 is 4.51. The van der Waals surface area contributed by atoms with Gasteiger partial charge in [0, 0.05) is 10.9 Å². The van der Waals surface area contributed by atoms with Gasteiger partial charge in [-0.15, -0.1) is 10.2 Å². The smallest absolute Gasteiger partial charge is 0.241 e. The van der Waals surface area contributed by atoms with Gasteiger partial charge in [-0.05, 0) is 30.7 Å². The van der Waals surface area contributed by atoms with Crippen LogP contribution in [0.3, 0.4) is 0 Å². The third-order valence-electron chi connectivity index (χ3n) is 2.72. The molecule has 1 aromatic carbocycles. The summed E-state index contributed by atoms with van der Waals surface area (Å²) in [6.07, 6.45) is 1.74. The topological polar surface area (TPSA) is 101 Å². The van der Waals surface area contributed by atoms with Gasteiger partial charge in [-0.3, -0.25) is 10.1 Å². The molecule has 1 amide bonds. The van der Waals surface area contributed by atoms with Gasteiger partial charge in [0.1, 0.15) is 5.01 Å². The highest BCUT2D eigenvalue weighted by atomic mass is 79.9. The highest BCUT2D eigenvalue weighted by Crippen LogP contribution is 2.16. The molecule has 124 valence electrons. The van der Waals surface area contributed by atoms with E-state index in [0.29, 0.717) is 5.13 Å². The van der Waals surface area contributed by atoms with Crippen molar-refractivity contribution >= 4 is 48.3 Å². The van der Waals surface area contributed by atoms with Crippen LogP contribution < -0.4 is 10.0 Å². The van der Waals surface area contributed by atoms with Crippen LogP contribution in [-0.2, 0) is 21.2 Å². The molecule has 2 aromatic rings. The maximum absolute atomic E-state index is 12.1. The van der Waals surface area contributed by atoms with Crippen LogP contribution in [0.4, 0.5) is 5.13 Å². The number of amides is 1. The van der Waals surface area contributed by atoms with Crippen molar-refractivity contribution in [1.82, 2.24) is 14.9 Å². The number of carbonyl (C=O) groups is 1. The zero-order valence-electron chi connectivity index (χ0n) is 12.2. The Balaban J connectivity index is 1.91.